The third-order valence-corrected chi connectivity index (χ3v) is 5.92. The second-order valence-electron chi connectivity index (χ2n) is 4.89. The highest BCUT2D eigenvalue weighted by atomic mass is 79.9. The number of aryl methyl sites for hydroxylation is 2. The molecule has 112 valence electrons. The van der Waals surface area contributed by atoms with Gasteiger partial charge >= 0.3 is 5.97 Å². The van der Waals surface area contributed by atoms with Gasteiger partial charge in [0, 0.05) is 18.1 Å². The van der Waals surface area contributed by atoms with Crippen molar-refractivity contribution in [3.05, 3.63) is 27.7 Å². The lowest BCUT2D eigenvalue weighted by molar-refractivity contribution is -0.141. The molecule has 0 aliphatic rings. The number of carboxylic acid groups (broad SMARTS) is 1. The molecule has 0 radical (unpaired) electrons. The average Bonchev–Trinajstić information content (AvgIpc) is 2.33. The Balaban J connectivity index is 3.17. The Morgan fingerprint density at radius 3 is 2.40 bits per heavy atom. The summed E-state index contributed by atoms with van der Waals surface area (Å²) in [4.78, 5) is 11.0. The maximum Gasteiger partial charge on any atom is 0.307 e. The van der Waals surface area contributed by atoms with Gasteiger partial charge in [0.2, 0.25) is 10.0 Å². The van der Waals surface area contributed by atoms with Crippen LogP contribution in [0, 0.1) is 19.8 Å². The van der Waals surface area contributed by atoms with Crippen LogP contribution in [0.4, 0.5) is 0 Å². The van der Waals surface area contributed by atoms with Gasteiger partial charge in [-0.1, -0.05) is 22.9 Å². The fourth-order valence-corrected chi connectivity index (χ4v) is 3.77. The molecule has 0 saturated carbocycles. The quantitative estimate of drug-likeness (QED) is 0.871. The highest BCUT2D eigenvalue weighted by molar-refractivity contribution is 9.10. The Hall–Kier alpha value is -0.920. The highest BCUT2D eigenvalue weighted by Gasteiger charge is 2.26. The summed E-state index contributed by atoms with van der Waals surface area (Å²) < 4.78 is 26.9. The minimum atomic E-state index is -3.69. The monoisotopic (exact) mass is 363 g/mol. The van der Waals surface area contributed by atoms with Crippen molar-refractivity contribution in [1.29, 1.82) is 0 Å². The standard InChI is InChI=1S/C13H18BrNO4S/c1-8-6-12(9(2)5-11(8)14)20(18,19)15(4)7-10(3)13(16)17/h5-6,10H,7H2,1-4H3,(H,16,17). The van der Waals surface area contributed by atoms with Gasteiger partial charge in [-0.2, -0.15) is 0 Å². The zero-order valence-electron chi connectivity index (χ0n) is 11.8. The molecular formula is C13H18BrNO4S. The molecule has 1 N–H and O–H groups in total. The van der Waals surface area contributed by atoms with E-state index in [0.29, 0.717) is 5.56 Å². The van der Waals surface area contributed by atoms with E-state index in [1.165, 1.54) is 14.0 Å². The molecule has 0 saturated heterocycles. The summed E-state index contributed by atoms with van der Waals surface area (Å²) in [6.45, 7) is 4.94. The SMILES string of the molecule is Cc1cc(S(=O)(=O)N(C)CC(C)C(=O)O)c(C)cc1Br. The molecule has 1 atom stereocenters. The molecule has 0 aliphatic heterocycles. The number of halogens is 1. The summed E-state index contributed by atoms with van der Waals surface area (Å²) in [6.07, 6.45) is 0. The molecule has 0 spiro atoms. The minimum Gasteiger partial charge on any atom is -0.481 e. The first kappa shape index (κ1) is 17.1. The fourth-order valence-electron chi connectivity index (χ4n) is 1.76. The lowest BCUT2D eigenvalue weighted by Gasteiger charge is -2.21. The van der Waals surface area contributed by atoms with E-state index in [4.69, 9.17) is 5.11 Å². The van der Waals surface area contributed by atoms with Crippen molar-refractivity contribution in [2.24, 2.45) is 5.92 Å². The number of aliphatic carboxylic acids is 1. The van der Waals surface area contributed by atoms with Crippen molar-refractivity contribution in [3.63, 3.8) is 0 Å². The Kier molecular flexibility index (Phi) is 5.34. The van der Waals surface area contributed by atoms with E-state index in [1.807, 2.05) is 6.92 Å². The number of carboxylic acids is 1. The van der Waals surface area contributed by atoms with Crippen LogP contribution in [0.25, 0.3) is 0 Å². The van der Waals surface area contributed by atoms with Gasteiger partial charge < -0.3 is 5.11 Å². The lowest BCUT2D eigenvalue weighted by Crippen LogP contribution is -2.34. The molecular weight excluding hydrogens is 346 g/mol. The van der Waals surface area contributed by atoms with Gasteiger partial charge in [0.15, 0.2) is 0 Å². The Labute approximate surface area is 127 Å². The number of sulfonamides is 1. The van der Waals surface area contributed by atoms with Crippen molar-refractivity contribution in [1.82, 2.24) is 4.31 Å². The van der Waals surface area contributed by atoms with E-state index in [2.05, 4.69) is 15.9 Å². The van der Waals surface area contributed by atoms with Crippen molar-refractivity contribution in [3.8, 4) is 0 Å². The van der Waals surface area contributed by atoms with Crippen LogP contribution in [-0.2, 0) is 14.8 Å². The summed E-state index contributed by atoms with van der Waals surface area (Å²) in [5.41, 5.74) is 1.44. The zero-order chi connectivity index (χ0) is 15.7. The molecule has 0 aliphatic carbocycles. The van der Waals surface area contributed by atoms with Crippen LogP contribution < -0.4 is 0 Å². The molecule has 0 aromatic heterocycles. The molecule has 0 fully saturated rings. The molecule has 1 rings (SSSR count). The van der Waals surface area contributed by atoms with Gasteiger partial charge in [0.25, 0.3) is 0 Å². The molecule has 0 heterocycles. The summed E-state index contributed by atoms with van der Waals surface area (Å²) in [5.74, 6) is -1.78. The van der Waals surface area contributed by atoms with E-state index in [0.717, 1.165) is 14.3 Å². The van der Waals surface area contributed by atoms with Crippen LogP contribution in [0.3, 0.4) is 0 Å². The van der Waals surface area contributed by atoms with Gasteiger partial charge in [-0.3, -0.25) is 4.79 Å². The van der Waals surface area contributed by atoms with Crippen LogP contribution in [0.1, 0.15) is 18.1 Å². The largest absolute Gasteiger partial charge is 0.481 e. The van der Waals surface area contributed by atoms with E-state index >= 15 is 0 Å². The van der Waals surface area contributed by atoms with Crippen molar-refractivity contribution >= 4 is 31.9 Å². The number of carbonyl (C=O) groups is 1. The Morgan fingerprint density at radius 1 is 1.35 bits per heavy atom. The third kappa shape index (κ3) is 3.59. The first-order chi connectivity index (χ1) is 9.07. The zero-order valence-corrected chi connectivity index (χ0v) is 14.2. The number of hydrogen-bond donors (Lipinski definition) is 1. The van der Waals surface area contributed by atoms with Crippen molar-refractivity contribution < 1.29 is 18.3 Å². The smallest absolute Gasteiger partial charge is 0.307 e. The third-order valence-electron chi connectivity index (χ3n) is 3.10. The second kappa shape index (κ2) is 6.24. The van der Waals surface area contributed by atoms with E-state index < -0.39 is 21.9 Å². The van der Waals surface area contributed by atoms with Crippen LogP contribution in [-0.4, -0.2) is 37.4 Å². The first-order valence-electron chi connectivity index (χ1n) is 6.03. The number of benzene rings is 1. The minimum absolute atomic E-state index is 0.0633. The summed E-state index contributed by atoms with van der Waals surface area (Å²) >= 11 is 3.36. The maximum absolute atomic E-state index is 12.5. The normalized spacial score (nSPS) is 13.5. The Bertz CT molecular complexity index is 628. The van der Waals surface area contributed by atoms with Crippen molar-refractivity contribution in [2.45, 2.75) is 25.7 Å². The molecule has 7 heteroatoms. The second-order valence-corrected chi connectivity index (χ2v) is 7.76. The Morgan fingerprint density at radius 2 is 1.90 bits per heavy atom. The van der Waals surface area contributed by atoms with Crippen LogP contribution >= 0.6 is 15.9 Å². The van der Waals surface area contributed by atoms with Gasteiger partial charge in [0.05, 0.1) is 10.8 Å². The van der Waals surface area contributed by atoms with Gasteiger partial charge in [-0.15, -0.1) is 0 Å². The highest BCUT2D eigenvalue weighted by Crippen LogP contribution is 2.26. The number of hydrogen-bond acceptors (Lipinski definition) is 3. The predicted molar refractivity (Wildman–Crippen MR) is 80.2 cm³/mol. The van der Waals surface area contributed by atoms with E-state index in [1.54, 1.807) is 19.1 Å². The molecule has 1 unspecified atom stereocenters. The van der Waals surface area contributed by atoms with Gasteiger partial charge in [-0.25, -0.2) is 12.7 Å². The first-order valence-corrected chi connectivity index (χ1v) is 8.26. The van der Waals surface area contributed by atoms with Crippen molar-refractivity contribution in [2.75, 3.05) is 13.6 Å². The summed E-state index contributed by atoms with van der Waals surface area (Å²) in [5, 5.41) is 8.87. The fraction of sp³-hybridized carbons (Fsp3) is 0.462. The molecule has 1 aromatic rings. The van der Waals surface area contributed by atoms with E-state index in [-0.39, 0.29) is 11.4 Å². The predicted octanol–water partition coefficient (Wildman–Crippen LogP) is 2.41. The van der Waals surface area contributed by atoms with Gasteiger partial charge in [0.1, 0.15) is 0 Å². The molecule has 20 heavy (non-hydrogen) atoms. The van der Waals surface area contributed by atoms with Crippen LogP contribution in [0.2, 0.25) is 0 Å². The number of nitrogens with zero attached hydrogens (tertiary/aromatic N) is 1. The van der Waals surface area contributed by atoms with Gasteiger partial charge in [-0.05, 0) is 37.1 Å². The van der Waals surface area contributed by atoms with Crippen LogP contribution in [0.15, 0.2) is 21.5 Å². The lowest BCUT2D eigenvalue weighted by atomic mass is 10.2. The molecule has 0 amide bonds. The number of rotatable bonds is 5. The topological polar surface area (TPSA) is 74.7 Å². The molecule has 1 aromatic carbocycles. The maximum atomic E-state index is 12.5. The molecule has 0 bridgehead atoms. The summed E-state index contributed by atoms with van der Waals surface area (Å²) in [6, 6.07) is 3.34. The molecule has 5 nitrogen and oxygen atoms in total. The average molecular weight is 364 g/mol. The van der Waals surface area contributed by atoms with Crippen LogP contribution in [0.5, 0.6) is 0 Å². The summed E-state index contributed by atoms with van der Waals surface area (Å²) in [7, 11) is -2.29. The van der Waals surface area contributed by atoms with E-state index in [9.17, 15) is 13.2 Å².